The van der Waals surface area contributed by atoms with E-state index in [0.717, 1.165) is 20.7 Å². The van der Waals surface area contributed by atoms with Crippen LogP contribution in [0.25, 0.3) is 0 Å². The monoisotopic (exact) mass is 1620 g/mol. The Bertz CT molecular complexity index is 1900. The van der Waals surface area contributed by atoms with E-state index in [1.165, 1.54) is 0 Å². The molecule has 446 valence electrons. The van der Waals surface area contributed by atoms with Crippen molar-refractivity contribution in [2.45, 2.75) is 304 Å². The van der Waals surface area contributed by atoms with Crippen molar-refractivity contribution in [2.24, 2.45) is 0 Å². The van der Waals surface area contributed by atoms with Crippen LogP contribution < -0.4 is 7.02 Å². The van der Waals surface area contributed by atoms with Crippen molar-refractivity contribution in [3.8, 4) is 0 Å². The molecule has 0 fully saturated rings. The summed E-state index contributed by atoms with van der Waals surface area (Å²) in [4.78, 5) is 0. The van der Waals surface area contributed by atoms with Crippen molar-refractivity contribution >= 4 is 190 Å². The van der Waals surface area contributed by atoms with E-state index in [0.29, 0.717) is 8.57 Å². The standard InChI is InChI=1S/2C30H67Si7.2Sb.Te/c2*1-31(2,3)28(32(4,5)6)25-22-26(29(33(7,8)9)34(10,11)12)24-27(23-25)30(35(13,14)15,36(16,17)18)37(19,20)21;;;/h2*23-24,28-29H,1-21H3;;;. The Morgan fingerprint density at radius 3 is 0.416 bits per heavy atom. The summed E-state index contributed by atoms with van der Waals surface area (Å²) in [7, 11) is -21.0. The summed E-state index contributed by atoms with van der Waals surface area (Å²) < 4.78 is 4.37. The van der Waals surface area contributed by atoms with Gasteiger partial charge in [-0.15, -0.1) is 0 Å². The minimum atomic E-state index is -1.59. The largest absolute Gasteiger partial charge is 0 e. The molecule has 0 nitrogen and oxygen atoms in total. The average molecular weight is 1620 g/mol. The van der Waals surface area contributed by atoms with Gasteiger partial charge in [-0.2, -0.15) is 0 Å². The van der Waals surface area contributed by atoms with Gasteiger partial charge in [0, 0.05) is 23.7 Å². The molecule has 2 rings (SSSR count). The van der Waals surface area contributed by atoms with Crippen LogP contribution in [0.4, 0.5) is 0 Å². The summed E-state index contributed by atoms with van der Waals surface area (Å²) in [6.45, 7) is 113. The van der Waals surface area contributed by atoms with E-state index in [2.05, 4.69) is 345 Å². The molecule has 0 aliphatic rings. The fourth-order valence-electron chi connectivity index (χ4n) is 20.9. The van der Waals surface area contributed by atoms with Crippen molar-refractivity contribution in [2.75, 3.05) is 0 Å². The molecule has 0 bridgehead atoms. The van der Waals surface area contributed by atoms with Crippen LogP contribution in [0, 0.1) is 0 Å². The van der Waals surface area contributed by atoms with Gasteiger partial charge in [-0.3, -0.25) is 0 Å². The van der Waals surface area contributed by atoms with E-state index in [4.69, 9.17) is 0 Å². The van der Waals surface area contributed by atoms with E-state index < -0.39 is 113 Å². The fraction of sp³-hybridized carbons (Fsp3) is 0.800. The van der Waals surface area contributed by atoms with Gasteiger partial charge >= 0.3 is 528 Å². The second kappa shape index (κ2) is 25.4. The number of hydrogen-bond acceptors (Lipinski definition) is 0. The van der Waals surface area contributed by atoms with Crippen LogP contribution in [-0.4, -0.2) is 183 Å². The third-order valence-electron chi connectivity index (χ3n) is 18.1. The van der Waals surface area contributed by atoms with Gasteiger partial charge in [0.2, 0.25) is 0 Å². The van der Waals surface area contributed by atoms with Gasteiger partial charge in [0.15, 0.2) is 0 Å². The first-order chi connectivity index (χ1) is 32.5. The fourth-order valence-corrected chi connectivity index (χ4v) is 137. The third kappa shape index (κ3) is 17.6. The minimum Gasteiger partial charge on any atom is 0 e. The second-order valence-electron chi connectivity index (χ2n) is 39.7. The Morgan fingerprint density at radius 1 is 0.234 bits per heavy atom. The molecule has 6 radical (unpaired) electrons. The molecule has 0 aliphatic carbocycles. The van der Waals surface area contributed by atoms with Gasteiger partial charge in [0.25, 0.3) is 0 Å². The van der Waals surface area contributed by atoms with Gasteiger partial charge < -0.3 is 0 Å². The van der Waals surface area contributed by atoms with Crippen LogP contribution in [0.3, 0.4) is 0 Å². The Kier molecular flexibility index (Phi) is 26.7. The predicted octanol–water partition coefficient (Wildman–Crippen LogP) is 19.7. The zero-order valence-corrected chi connectivity index (χ0v) is 81.4. The van der Waals surface area contributed by atoms with E-state index in [1.54, 1.807) is 7.02 Å². The maximum Gasteiger partial charge on any atom is 0 e. The predicted molar refractivity (Wildman–Crippen MR) is 411 cm³/mol. The first kappa shape index (κ1) is 80.9. The molecule has 0 saturated heterocycles. The summed E-state index contributed by atoms with van der Waals surface area (Å²) in [5, 5.41) is 3.22. The molecule has 17 heteroatoms. The zero-order valence-electron chi connectivity index (χ0n) is 59.9. The molecule has 2 aromatic rings. The summed E-state index contributed by atoms with van der Waals surface area (Å²) in [6, 6.07) is 11.6. The summed E-state index contributed by atoms with van der Waals surface area (Å²) >= 11 is 4.13. The number of hydrogen-bond donors (Lipinski definition) is 0. The maximum absolute atomic E-state index is 2.90. The molecule has 0 aliphatic heterocycles. The molecule has 2 aromatic carbocycles. The normalized spacial score (nSPS) is 15.4. The van der Waals surface area contributed by atoms with Crippen LogP contribution in [-0.2, 0) is 8.57 Å². The minimum absolute atomic E-state index is 0. The molecule has 0 spiro atoms. The molecule has 0 saturated carbocycles. The molecule has 0 unspecified atom stereocenters. The second-order valence-corrected chi connectivity index (χ2v) is 122. The summed E-state index contributed by atoms with van der Waals surface area (Å²) in [5.41, 5.74) is 10.9. The summed E-state index contributed by atoms with van der Waals surface area (Å²) in [5.74, 6) is 0. The summed E-state index contributed by atoms with van der Waals surface area (Å²) in [6.07, 6.45) is 0. The van der Waals surface area contributed by atoms with E-state index in [1.807, 2.05) is 33.4 Å². The van der Waals surface area contributed by atoms with E-state index >= 15 is 0 Å². The van der Waals surface area contributed by atoms with Gasteiger partial charge in [-0.05, 0) is 0 Å². The molecule has 0 heterocycles. The molecular weight excluding hydrogens is 1480 g/mol. The molecule has 77 heavy (non-hydrogen) atoms. The molecule has 0 amide bonds. The van der Waals surface area contributed by atoms with Crippen molar-refractivity contribution in [3.05, 3.63) is 57.6 Å². The first-order valence-corrected chi connectivity index (χ1v) is 82.4. The number of rotatable bonds is 20. The van der Waals surface area contributed by atoms with Crippen LogP contribution in [0.1, 0.15) is 54.0 Å². The Balaban J connectivity index is 0.00000148. The van der Waals surface area contributed by atoms with Crippen LogP contribution in [0.5, 0.6) is 0 Å². The topological polar surface area (TPSA) is 0 Å². The van der Waals surface area contributed by atoms with Gasteiger partial charge in [-0.1, -0.05) is 0 Å². The smallest absolute Gasteiger partial charge is 0 e. The number of benzene rings is 2. The van der Waals surface area contributed by atoms with Crippen molar-refractivity contribution in [1.29, 1.82) is 0 Å². The van der Waals surface area contributed by atoms with Crippen molar-refractivity contribution < 1.29 is 0 Å². The van der Waals surface area contributed by atoms with Crippen LogP contribution >= 0.6 is 0 Å². The molecule has 0 N–H and O–H groups in total. The van der Waals surface area contributed by atoms with Crippen molar-refractivity contribution in [1.82, 2.24) is 0 Å². The van der Waals surface area contributed by atoms with E-state index in [9.17, 15) is 0 Å². The molecular formula is C60H134Sb2Si14Te. The van der Waals surface area contributed by atoms with E-state index in [-0.39, 0.29) is 23.7 Å². The Morgan fingerprint density at radius 2 is 0.338 bits per heavy atom. The maximum atomic E-state index is 2.90. The van der Waals surface area contributed by atoms with Crippen LogP contribution in [0.2, 0.25) is 275 Å². The van der Waals surface area contributed by atoms with Gasteiger partial charge in [0.05, 0.1) is 0 Å². The first-order valence-electron chi connectivity index (χ1n) is 30.2. The third-order valence-corrected chi connectivity index (χ3v) is 100. The SMILES string of the molecule is C[Si](C)(C)C(c1cc(C([Si](C)(C)C)([Si](C)(C)C)[Si](C)(C)C)cc(C([Si](C)(C)C)[Si](C)(C)C)[c]1[Sb])[Si](C)(C)C.C[Si](C)(C)C(c1cc(C([Si](C)(C)C)([Si](C)(C)C)[Si](C)(C)C)cc(C([Si](C)(C)C)[Si](C)(C)C)[c]1[Sb])[Si](C)(C)C.[Te]. The Labute approximate surface area is 544 Å². The average Bonchev–Trinajstić information content (AvgIpc) is 3.00. The van der Waals surface area contributed by atoms with Crippen LogP contribution in [0.15, 0.2) is 24.3 Å². The molecule has 0 aromatic heterocycles. The zero-order chi connectivity index (χ0) is 61.8. The Hall–Kier alpha value is 3.90. The van der Waals surface area contributed by atoms with Gasteiger partial charge in [-0.25, -0.2) is 0 Å². The van der Waals surface area contributed by atoms with Crippen molar-refractivity contribution in [3.63, 3.8) is 0 Å². The quantitative estimate of drug-likeness (QED) is 0.116. The molecule has 0 atom stereocenters. The van der Waals surface area contributed by atoms with Gasteiger partial charge in [0.1, 0.15) is 0 Å².